The summed E-state index contributed by atoms with van der Waals surface area (Å²) in [5.41, 5.74) is 6.32. The number of amides is 2. The minimum Gasteiger partial charge on any atom is -0.369 e. The van der Waals surface area contributed by atoms with Gasteiger partial charge in [-0.15, -0.1) is 0 Å². The molecule has 1 saturated carbocycles. The minimum atomic E-state index is -0.260. The zero-order valence-electron chi connectivity index (χ0n) is 12.1. The summed E-state index contributed by atoms with van der Waals surface area (Å²) in [7, 11) is 0. The Labute approximate surface area is 139 Å². The van der Waals surface area contributed by atoms with Gasteiger partial charge in [0.2, 0.25) is 11.8 Å². The molecule has 1 heterocycles. The van der Waals surface area contributed by atoms with E-state index in [-0.39, 0.29) is 29.6 Å². The van der Waals surface area contributed by atoms with Gasteiger partial charge >= 0.3 is 0 Å². The largest absolute Gasteiger partial charge is 0.369 e. The number of piperidine rings is 1. The van der Waals surface area contributed by atoms with E-state index in [0.717, 1.165) is 12.0 Å². The van der Waals surface area contributed by atoms with Crippen molar-refractivity contribution in [2.75, 3.05) is 13.1 Å². The van der Waals surface area contributed by atoms with Gasteiger partial charge in [0.05, 0.1) is 0 Å². The molecule has 6 heteroatoms. The molecule has 4 nitrogen and oxygen atoms in total. The van der Waals surface area contributed by atoms with Gasteiger partial charge in [-0.3, -0.25) is 9.59 Å². The number of rotatable bonds is 3. The zero-order chi connectivity index (χ0) is 15.9. The fourth-order valence-corrected chi connectivity index (χ4v) is 3.78. The van der Waals surface area contributed by atoms with Crippen LogP contribution in [0, 0.1) is 11.8 Å². The lowest BCUT2D eigenvalue weighted by atomic mass is 9.96. The molecular weight excluding hydrogens is 323 g/mol. The van der Waals surface area contributed by atoms with E-state index in [1.807, 2.05) is 11.0 Å². The first-order chi connectivity index (χ1) is 10.5. The second kappa shape index (κ2) is 6.09. The maximum absolute atomic E-state index is 12.5. The molecule has 1 aliphatic heterocycles. The van der Waals surface area contributed by atoms with Gasteiger partial charge in [0.25, 0.3) is 0 Å². The molecule has 2 aliphatic rings. The van der Waals surface area contributed by atoms with Crippen molar-refractivity contribution in [1.29, 1.82) is 0 Å². The van der Waals surface area contributed by atoms with Crippen molar-refractivity contribution in [1.82, 2.24) is 4.90 Å². The molecule has 22 heavy (non-hydrogen) atoms. The fourth-order valence-electron chi connectivity index (χ4n) is 3.23. The number of carbonyl (C=O) groups is 2. The second-order valence-electron chi connectivity index (χ2n) is 6.12. The van der Waals surface area contributed by atoms with Gasteiger partial charge in [-0.2, -0.15) is 0 Å². The van der Waals surface area contributed by atoms with Crippen LogP contribution in [0.15, 0.2) is 18.2 Å². The third kappa shape index (κ3) is 3.08. The normalized spacial score (nSPS) is 25.1. The van der Waals surface area contributed by atoms with Crippen molar-refractivity contribution < 1.29 is 9.59 Å². The molecule has 1 aliphatic carbocycles. The van der Waals surface area contributed by atoms with E-state index in [4.69, 9.17) is 28.9 Å². The molecule has 0 spiro atoms. The Kier molecular flexibility index (Phi) is 4.33. The molecule has 0 aromatic heterocycles. The van der Waals surface area contributed by atoms with E-state index < -0.39 is 0 Å². The monoisotopic (exact) mass is 340 g/mol. The third-order valence-corrected chi connectivity index (χ3v) is 5.24. The summed E-state index contributed by atoms with van der Waals surface area (Å²) in [5.74, 6) is 0.00275. The molecule has 118 valence electrons. The van der Waals surface area contributed by atoms with Crippen LogP contribution in [0.1, 0.15) is 30.7 Å². The van der Waals surface area contributed by atoms with Gasteiger partial charge < -0.3 is 10.6 Å². The highest BCUT2D eigenvalue weighted by molar-refractivity contribution is 6.35. The molecule has 2 amide bonds. The molecule has 2 fully saturated rings. The van der Waals surface area contributed by atoms with Crippen LogP contribution in [-0.2, 0) is 9.59 Å². The number of carbonyl (C=O) groups excluding carboxylic acids is 2. The average Bonchev–Trinajstić information content (AvgIpc) is 3.27. The van der Waals surface area contributed by atoms with Gasteiger partial charge in [-0.25, -0.2) is 0 Å². The van der Waals surface area contributed by atoms with Crippen molar-refractivity contribution in [3.05, 3.63) is 33.8 Å². The Bertz CT molecular complexity index is 612. The SMILES string of the molecule is NC(=O)C1CCN(C(=O)C2CC2c2ccc(Cl)cc2Cl)CC1. The molecule has 0 bridgehead atoms. The molecule has 2 atom stereocenters. The number of likely N-dealkylation sites (tertiary alicyclic amines) is 1. The van der Waals surface area contributed by atoms with Crippen molar-refractivity contribution in [3.63, 3.8) is 0 Å². The highest BCUT2D eigenvalue weighted by atomic mass is 35.5. The lowest BCUT2D eigenvalue weighted by molar-refractivity contribution is -0.136. The van der Waals surface area contributed by atoms with Gasteiger partial charge in [0.1, 0.15) is 0 Å². The van der Waals surface area contributed by atoms with E-state index in [1.54, 1.807) is 12.1 Å². The highest BCUT2D eigenvalue weighted by Gasteiger charge is 2.47. The van der Waals surface area contributed by atoms with Crippen molar-refractivity contribution in [2.24, 2.45) is 17.6 Å². The first-order valence-electron chi connectivity index (χ1n) is 7.50. The van der Waals surface area contributed by atoms with Gasteiger partial charge in [-0.1, -0.05) is 29.3 Å². The van der Waals surface area contributed by atoms with Gasteiger partial charge in [0, 0.05) is 35.0 Å². The minimum absolute atomic E-state index is 0.00352. The van der Waals surface area contributed by atoms with Crippen molar-refractivity contribution in [2.45, 2.75) is 25.2 Å². The van der Waals surface area contributed by atoms with Crippen LogP contribution in [-0.4, -0.2) is 29.8 Å². The average molecular weight is 341 g/mol. The first-order valence-corrected chi connectivity index (χ1v) is 8.26. The predicted octanol–water partition coefficient (Wildman–Crippen LogP) is 2.82. The van der Waals surface area contributed by atoms with Crippen LogP contribution in [0.5, 0.6) is 0 Å². The maximum Gasteiger partial charge on any atom is 0.226 e. The summed E-state index contributed by atoms with van der Waals surface area (Å²) in [5, 5.41) is 1.23. The van der Waals surface area contributed by atoms with Crippen LogP contribution in [0.3, 0.4) is 0 Å². The van der Waals surface area contributed by atoms with Crippen molar-refractivity contribution >= 4 is 35.0 Å². The first kappa shape index (κ1) is 15.6. The second-order valence-corrected chi connectivity index (χ2v) is 6.96. The zero-order valence-corrected chi connectivity index (χ0v) is 13.6. The number of benzene rings is 1. The molecule has 1 aromatic carbocycles. The van der Waals surface area contributed by atoms with E-state index in [9.17, 15) is 9.59 Å². The summed E-state index contributed by atoms with van der Waals surface area (Å²) in [6.45, 7) is 1.23. The Balaban J connectivity index is 1.60. The molecule has 2 unspecified atom stereocenters. The van der Waals surface area contributed by atoms with Crippen LogP contribution in [0.4, 0.5) is 0 Å². The fraction of sp³-hybridized carbons (Fsp3) is 0.500. The van der Waals surface area contributed by atoms with E-state index in [1.165, 1.54) is 0 Å². The van der Waals surface area contributed by atoms with Crippen LogP contribution < -0.4 is 5.73 Å². The predicted molar refractivity (Wildman–Crippen MR) is 85.8 cm³/mol. The number of hydrogen-bond acceptors (Lipinski definition) is 2. The lowest BCUT2D eigenvalue weighted by Gasteiger charge is -2.30. The molecule has 1 aromatic rings. The Morgan fingerprint density at radius 2 is 1.86 bits per heavy atom. The summed E-state index contributed by atoms with van der Waals surface area (Å²) in [6, 6.07) is 5.43. The van der Waals surface area contributed by atoms with Crippen LogP contribution >= 0.6 is 23.2 Å². The molecule has 3 rings (SSSR count). The maximum atomic E-state index is 12.5. The number of halogens is 2. The molecule has 0 radical (unpaired) electrons. The van der Waals surface area contributed by atoms with Crippen LogP contribution in [0.2, 0.25) is 10.0 Å². The van der Waals surface area contributed by atoms with Gasteiger partial charge in [0.15, 0.2) is 0 Å². The Hall–Kier alpha value is -1.26. The van der Waals surface area contributed by atoms with Gasteiger partial charge in [-0.05, 0) is 42.9 Å². The third-order valence-electron chi connectivity index (χ3n) is 4.68. The highest BCUT2D eigenvalue weighted by Crippen LogP contribution is 2.51. The Morgan fingerprint density at radius 1 is 1.18 bits per heavy atom. The number of hydrogen-bond donors (Lipinski definition) is 1. The number of nitrogens with zero attached hydrogens (tertiary/aromatic N) is 1. The van der Waals surface area contributed by atoms with Crippen molar-refractivity contribution in [3.8, 4) is 0 Å². The molecule has 1 saturated heterocycles. The van der Waals surface area contributed by atoms with E-state index >= 15 is 0 Å². The summed E-state index contributed by atoms with van der Waals surface area (Å²) < 4.78 is 0. The summed E-state index contributed by atoms with van der Waals surface area (Å²) in [6.07, 6.45) is 2.16. The van der Waals surface area contributed by atoms with E-state index in [2.05, 4.69) is 0 Å². The number of primary amides is 1. The molecular formula is C16H18Cl2N2O2. The number of nitrogens with two attached hydrogens (primary N) is 1. The quantitative estimate of drug-likeness (QED) is 0.919. The van der Waals surface area contributed by atoms with E-state index in [0.29, 0.717) is 36.0 Å². The lowest BCUT2D eigenvalue weighted by Crippen LogP contribution is -2.42. The van der Waals surface area contributed by atoms with Crippen LogP contribution in [0.25, 0.3) is 0 Å². The molecule has 2 N–H and O–H groups in total. The standard InChI is InChI=1S/C16H18Cl2N2O2/c17-10-1-2-11(14(18)7-10)12-8-13(12)16(22)20-5-3-9(4-6-20)15(19)21/h1-2,7,9,12-13H,3-6,8H2,(H2,19,21). The smallest absolute Gasteiger partial charge is 0.226 e. The summed E-state index contributed by atoms with van der Waals surface area (Å²) >= 11 is 12.1. The summed E-state index contributed by atoms with van der Waals surface area (Å²) in [4.78, 5) is 25.6. The topological polar surface area (TPSA) is 63.4 Å². The Morgan fingerprint density at radius 3 is 2.45 bits per heavy atom.